The van der Waals surface area contributed by atoms with Gasteiger partial charge in [-0.3, -0.25) is 4.79 Å². The second-order valence-corrected chi connectivity index (χ2v) is 6.74. The van der Waals surface area contributed by atoms with Gasteiger partial charge in [-0.25, -0.2) is 0 Å². The summed E-state index contributed by atoms with van der Waals surface area (Å²) in [7, 11) is 0. The summed E-state index contributed by atoms with van der Waals surface area (Å²) in [6.07, 6.45) is 1.25. The van der Waals surface area contributed by atoms with E-state index in [-0.39, 0.29) is 5.91 Å². The molecule has 1 aromatic carbocycles. The van der Waals surface area contributed by atoms with Gasteiger partial charge in [-0.2, -0.15) is 0 Å². The van der Waals surface area contributed by atoms with E-state index < -0.39 is 0 Å². The molecule has 3 nitrogen and oxygen atoms in total. The number of rotatable bonds is 3. The first-order valence-corrected chi connectivity index (χ1v) is 7.78. The molecule has 3 atom stereocenters. The molecular formula is C15H21Cl2N2O+. The van der Waals surface area contributed by atoms with Crippen molar-refractivity contribution < 1.29 is 9.69 Å². The highest BCUT2D eigenvalue weighted by atomic mass is 35.5. The lowest BCUT2D eigenvalue weighted by molar-refractivity contribution is -0.904. The monoisotopic (exact) mass is 315 g/mol. The number of halogens is 2. The molecule has 20 heavy (non-hydrogen) atoms. The molecule has 0 saturated carbocycles. The number of amides is 1. The molecule has 0 aromatic heterocycles. The number of nitrogens with one attached hydrogen (secondary N) is 2. The van der Waals surface area contributed by atoms with E-state index >= 15 is 0 Å². The highest BCUT2D eigenvalue weighted by Gasteiger charge is 2.26. The SMILES string of the molecule is C[C@@H]1C[C@H](C)C[NH+](CC(=O)Nc2c(Cl)cccc2Cl)C1. The molecule has 1 unspecified atom stereocenters. The van der Waals surface area contributed by atoms with Gasteiger partial charge in [-0.05, 0) is 18.6 Å². The van der Waals surface area contributed by atoms with Crippen LogP contribution in [0.5, 0.6) is 0 Å². The van der Waals surface area contributed by atoms with E-state index in [1.807, 2.05) is 0 Å². The van der Waals surface area contributed by atoms with Crippen molar-refractivity contribution in [1.29, 1.82) is 0 Å². The van der Waals surface area contributed by atoms with Gasteiger partial charge in [0.25, 0.3) is 5.91 Å². The molecule has 2 N–H and O–H groups in total. The van der Waals surface area contributed by atoms with Crippen LogP contribution in [0.4, 0.5) is 5.69 Å². The third kappa shape index (κ3) is 4.11. The predicted molar refractivity (Wildman–Crippen MR) is 83.6 cm³/mol. The van der Waals surface area contributed by atoms with Crippen LogP contribution in [0, 0.1) is 11.8 Å². The third-order valence-corrected chi connectivity index (χ3v) is 4.35. The quantitative estimate of drug-likeness (QED) is 0.883. The lowest BCUT2D eigenvalue weighted by Gasteiger charge is -2.31. The Kier molecular flexibility index (Phi) is 5.30. The van der Waals surface area contributed by atoms with Gasteiger partial charge in [0, 0.05) is 11.8 Å². The molecule has 1 fully saturated rings. The van der Waals surface area contributed by atoms with Gasteiger partial charge in [-0.15, -0.1) is 0 Å². The fourth-order valence-corrected chi connectivity index (χ4v) is 3.59. The molecule has 2 rings (SSSR count). The van der Waals surface area contributed by atoms with Crippen LogP contribution in [0.1, 0.15) is 20.3 Å². The third-order valence-electron chi connectivity index (χ3n) is 3.72. The molecular weight excluding hydrogens is 295 g/mol. The molecule has 0 radical (unpaired) electrons. The van der Waals surface area contributed by atoms with Crippen LogP contribution in [0.15, 0.2) is 18.2 Å². The summed E-state index contributed by atoms with van der Waals surface area (Å²) in [6.45, 7) is 7.06. The molecule has 0 spiro atoms. The number of anilines is 1. The number of piperidine rings is 1. The smallest absolute Gasteiger partial charge is 0.279 e. The summed E-state index contributed by atoms with van der Waals surface area (Å²) >= 11 is 12.1. The number of hydrogen-bond donors (Lipinski definition) is 2. The van der Waals surface area contributed by atoms with Gasteiger partial charge in [0.05, 0.1) is 28.8 Å². The minimum absolute atomic E-state index is 0.0312. The minimum Gasteiger partial charge on any atom is -0.327 e. The largest absolute Gasteiger partial charge is 0.327 e. The van der Waals surface area contributed by atoms with Crippen molar-refractivity contribution in [2.24, 2.45) is 11.8 Å². The number of benzene rings is 1. The summed E-state index contributed by atoms with van der Waals surface area (Å²) in [4.78, 5) is 13.5. The van der Waals surface area contributed by atoms with E-state index in [0.717, 1.165) is 13.1 Å². The zero-order valence-electron chi connectivity index (χ0n) is 11.9. The second kappa shape index (κ2) is 6.79. The lowest BCUT2D eigenvalue weighted by Crippen LogP contribution is -3.15. The van der Waals surface area contributed by atoms with Gasteiger partial charge < -0.3 is 10.2 Å². The Labute approximate surface area is 130 Å². The summed E-state index contributed by atoms with van der Waals surface area (Å²) in [6, 6.07) is 5.21. The normalized spacial score (nSPS) is 26.3. The van der Waals surface area contributed by atoms with Crippen LogP contribution in [0.3, 0.4) is 0 Å². The fraction of sp³-hybridized carbons (Fsp3) is 0.533. The van der Waals surface area contributed by atoms with Crippen LogP contribution in [-0.2, 0) is 4.79 Å². The van der Waals surface area contributed by atoms with Crippen molar-refractivity contribution in [3.63, 3.8) is 0 Å². The predicted octanol–water partition coefficient (Wildman–Crippen LogP) is 2.49. The van der Waals surface area contributed by atoms with Gasteiger partial charge in [0.15, 0.2) is 6.54 Å². The first-order chi connectivity index (χ1) is 9.45. The molecule has 110 valence electrons. The lowest BCUT2D eigenvalue weighted by atomic mass is 9.92. The van der Waals surface area contributed by atoms with Crippen molar-refractivity contribution in [3.8, 4) is 0 Å². The van der Waals surface area contributed by atoms with E-state index in [1.54, 1.807) is 18.2 Å². The van der Waals surface area contributed by atoms with Gasteiger partial charge in [0.1, 0.15) is 0 Å². The Hall–Kier alpha value is -0.770. The van der Waals surface area contributed by atoms with Crippen LogP contribution in [0.2, 0.25) is 10.0 Å². The molecule has 0 bridgehead atoms. The Morgan fingerprint density at radius 3 is 2.35 bits per heavy atom. The van der Waals surface area contributed by atoms with Crippen LogP contribution in [0.25, 0.3) is 0 Å². The molecule has 1 aromatic rings. The van der Waals surface area contributed by atoms with Crippen molar-refractivity contribution in [2.45, 2.75) is 20.3 Å². The van der Waals surface area contributed by atoms with Crippen molar-refractivity contribution in [1.82, 2.24) is 0 Å². The molecule has 1 aliphatic rings. The van der Waals surface area contributed by atoms with Crippen molar-refractivity contribution >= 4 is 34.8 Å². The maximum absolute atomic E-state index is 12.1. The van der Waals surface area contributed by atoms with E-state index in [2.05, 4.69) is 19.2 Å². The van der Waals surface area contributed by atoms with E-state index in [9.17, 15) is 4.79 Å². The fourth-order valence-electron chi connectivity index (χ4n) is 3.09. The standard InChI is InChI=1S/C15H20Cl2N2O/c1-10-6-11(2)8-19(7-10)9-14(20)18-15-12(16)4-3-5-13(15)17/h3-5,10-11H,6-9H2,1-2H3,(H,18,20)/p+1/t10-,11+. The van der Waals surface area contributed by atoms with Crippen LogP contribution >= 0.6 is 23.2 Å². The zero-order valence-corrected chi connectivity index (χ0v) is 13.4. The maximum atomic E-state index is 12.1. The average molecular weight is 316 g/mol. The summed E-state index contributed by atoms with van der Waals surface area (Å²) in [5.74, 6) is 1.31. The highest BCUT2D eigenvalue weighted by molar-refractivity contribution is 6.39. The minimum atomic E-state index is -0.0312. The Bertz CT molecular complexity index is 463. The van der Waals surface area contributed by atoms with E-state index in [4.69, 9.17) is 23.2 Å². The molecule has 5 heteroatoms. The molecule has 1 amide bonds. The number of para-hydroxylation sites is 1. The number of carbonyl (C=O) groups excluding carboxylic acids is 1. The van der Waals surface area contributed by atoms with E-state index in [0.29, 0.717) is 34.1 Å². The Morgan fingerprint density at radius 2 is 1.80 bits per heavy atom. The first kappa shape index (κ1) is 15.6. The summed E-state index contributed by atoms with van der Waals surface area (Å²) < 4.78 is 0. The van der Waals surface area contributed by atoms with Crippen molar-refractivity contribution in [3.05, 3.63) is 28.2 Å². The van der Waals surface area contributed by atoms with Gasteiger partial charge in [-0.1, -0.05) is 43.1 Å². The van der Waals surface area contributed by atoms with Crippen molar-refractivity contribution in [2.75, 3.05) is 25.0 Å². The van der Waals surface area contributed by atoms with Crippen LogP contribution in [-0.4, -0.2) is 25.5 Å². The number of quaternary nitrogens is 1. The summed E-state index contributed by atoms with van der Waals surface area (Å²) in [5, 5.41) is 3.78. The van der Waals surface area contributed by atoms with Gasteiger partial charge in [0.2, 0.25) is 0 Å². The molecule has 1 heterocycles. The second-order valence-electron chi connectivity index (χ2n) is 5.93. The first-order valence-electron chi connectivity index (χ1n) is 7.03. The topological polar surface area (TPSA) is 33.5 Å². The summed E-state index contributed by atoms with van der Waals surface area (Å²) in [5.41, 5.74) is 0.512. The van der Waals surface area contributed by atoms with Gasteiger partial charge >= 0.3 is 0 Å². The maximum Gasteiger partial charge on any atom is 0.279 e. The molecule has 1 aliphatic heterocycles. The number of hydrogen-bond acceptors (Lipinski definition) is 1. The average Bonchev–Trinajstić information content (AvgIpc) is 2.32. The number of carbonyl (C=O) groups is 1. The van der Waals surface area contributed by atoms with E-state index in [1.165, 1.54) is 11.3 Å². The Balaban J connectivity index is 1.95. The molecule has 0 aliphatic carbocycles. The van der Waals surface area contributed by atoms with Crippen LogP contribution < -0.4 is 10.2 Å². The molecule has 1 saturated heterocycles. The highest BCUT2D eigenvalue weighted by Crippen LogP contribution is 2.29. The Morgan fingerprint density at radius 1 is 1.25 bits per heavy atom. The zero-order chi connectivity index (χ0) is 14.7. The number of likely N-dealkylation sites (tertiary alicyclic amines) is 1.